The Morgan fingerprint density at radius 2 is 2.07 bits per heavy atom. The lowest BCUT2D eigenvalue weighted by atomic mass is 9.95. The van der Waals surface area contributed by atoms with Crippen LogP contribution >= 0.6 is 0 Å². The molecule has 1 fully saturated rings. The highest BCUT2D eigenvalue weighted by Gasteiger charge is 2.44. The SMILES string of the molecule is CC(CN)C1CCCC(C(F)(F)F)O1. The predicted octanol–water partition coefficient (Wildman–Crippen LogP) is 2.08. The quantitative estimate of drug-likeness (QED) is 0.759. The summed E-state index contributed by atoms with van der Waals surface area (Å²) in [5.74, 6) is 0.000139. The van der Waals surface area contributed by atoms with Crippen molar-refractivity contribution in [2.75, 3.05) is 6.54 Å². The lowest BCUT2D eigenvalue weighted by molar-refractivity contribution is -0.250. The van der Waals surface area contributed by atoms with Crippen LogP contribution in [0.15, 0.2) is 0 Å². The maximum atomic E-state index is 12.3. The molecule has 1 aliphatic rings. The zero-order valence-corrected chi connectivity index (χ0v) is 8.18. The normalized spacial score (nSPS) is 31.5. The van der Waals surface area contributed by atoms with Crippen molar-refractivity contribution in [2.45, 2.75) is 44.6 Å². The van der Waals surface area contributed by atoms with Crippen LogP contribution in [0.25, 0.3) is 0 Å². The van der Waals surface area contributed by atoms with Crippen LogP contribution in [0.3, 0.4) is 0 Å². The molecule has 1 saturated heterocycles. The van der Waals surface area contributed by atoms with Gasteiger partial charge in [-0.05, 0) is 31.7 Å². The minimum absolute atomic E-state index is 0.000139. The van der Waals surface area contributed by atoms with Crippen LogP contribution in [0.2, 0.25) is 0 Å². The van der Waals surface area contributed by atoms with E-state index in [2.05, 4.69) is 0 Å². The van der Waals surface area contributed by atoms with Crippen LogP contribution in [-0.2, 0) is 4.74 Å². The molecule has 3 atom stereocenters. The summed E-state index contributed by atoms with van der Waals surface area (Å²) in [5.41, 5.74) is 5.40. The molecule has 3 unspecified atom stereocenters. The predicted molar refractivity (Wildman–Crippen MR) is 46.8 cm³/mol. The van der Waals surface area contributed by atoms with E-state index < -0.39 is 12.3 Å². The van der Waals surface area contributed by atoms with Gasteiger partial charge in [0.1, 0.15) is 0 Å². The maximum absolute atomic E-state index is 12.3. The zero-order valence-electron chi connectivity index (χ0n) is 8.18. The number of halogens is 3. The maximum Gasteiger partial charge on any atom is 0.414 e. The van der Waals surface area contributed by atoms with Crippen molar-refractivity contribution in [2.24, 2.45) is 11.7 Å². The molecule has 1 rings (SSSR count). The smallest absolute Gasteiger partial charge is 0.365 e. The summed E-state index contributed by atoms with van der Waals surface area (Å²) in [4.78, 5) is 0. The van der Waals surface area contributed by atoms with E-state index in [0.717, 1.165) is 0 Å². The molecule has 84 valence electrons. The van der Waals surface area contributed by atoms with Gasteiger partial charge >= 0.3 is 6.18 Å². The molecule has 1 heterocycles. The molecule has 0 amide bonds. The molecule has 1 aliphatic heterocycles. The third-order valence-electron chi connectivity index (χ3n) is 2.67. The van der Waals surface area contributed by atoms with E-state index in [1.165, 1.54) is 0 Å². The van der Waals surface area contributed by atoms with Crippen molar-refractivity contribution in [3.8, 4) is 0 Å². The number of alkyl halides is 3. The second kappa shape index (κ2) is 4.49. The molecular weight excluding hydrogens is 195 g/mol. The average Bonchev–Trinajstić information content (AvgIpc) is 2.15. The van der Waals surface area contributed by atoms with Gasteiger partial charge in [-0.2, -0.15) is 13.2 Å². The molecule has 0 saturated carbocycles. The standard InChI is InChI=1S/C9H16F3NO/c1-6(5-13)7-3-2-4-8(14-7)9(10,11)12/h6-8H,2-5,13H2,1H3. The number of rotatable bonds is 2. The lowest BCUT2D eigenvalue weighted by Crippen LogP contribution is -2.42. The molecule has 0 aromatic heterocycles. The van der Waals surface area contributed by atoms with E-state index in [1.807, 2.05) is 6.92 Å². The van der Waals surface area contributed by atoms with Gasteiger partial charge in [0.05, 0.1) is 6.10 Å². The van der Waals surface area contributed by atoms with Gasteiger partial charge in [0.15, 0.2) is 6.10 Å². The Hall–Kier alpha value is -0.290. The summed E-state index contributed by atoms with van der Waals surface area (Å²) in [6.07, 6.45) is -4.82. The number of hydrogen-bond donors (Lipinski definition) is 1. The fourth-order valence-corrected chi connectivity index (χ4v) is 1.66. The summed E-state index contributed by atoms with van der Waals surface area (Å²) in [7, 11) is 0. The first-order valence-corrected chi connectivity index (χ1v) is 4.87. The Balaban J connectivity index is 2.52. The van der Waals surface area contributed by atoms with E-state index in [9.17, 15) is 13.2 Å². The third kappa shape index (κ3) is 2.85. The van der Waals surface area contributed by atoms with Crippen LogP contribution in [0, 0.1) is 5.92 Å². The largest absolute Gasteiger partial charge is 0.414 e. The third-order valence-corrected chi connectivity index (χ3v) is 2.67. The molecule has 2 nitrogen and oxygen atoms in total. The monoisotopic (exact) mass is 211 g/mol. The molecule has 14 heavy (non-hydrogen) atoms. The Morgan fingerprint density at radius 1 is 1.43 bits per heavy atom. The van der Waals surface area contributed by atoms with Crippen molar-refractivity contribution in [1.82, 2.24) is 0 Å². The molecule has 0 aromatic rings. The van der Waals surface area contributed by atoms with Crippen LogP contribution in [0.4, 0.5) is 13.2 Å². The first-order chi connectivity index (χ1) is 6.45. The van der Waals surface area contributed by atoms with Crippen molar-refractivity contribution in [1.29, 1.82) is 0 Å². The molecular formula is C9H16F3NO. The van der Waals surface area contributed by atoms with E-state index in [4.69, 9.17) is 10.5 Å². The van der Waals surface area contributed by atoms with Gasteiger partial charge in [-0.15, -0.1) is 0 Å². The molecule has 0 bridgehead atoms. The molecule has 0 radical (unpaired) electrons. The number of hydrogen-bond acceptors (Lipinski definition) is 2. The van der Waals surface area contributed by atoms with E-state index in [1.54, 1.807) is 0 Å². The second-order valence-corrected chi connectivity index (χ2v) is 3.85. The summed E-state index contributed by atoms with van der Waals surface area (Å²) in [6, 6.07) is 0. The summed E-state index contributed by atoms with van der Waals surface area (Å²) in [6.45, 7) is 2.19. The molecule has 5 heteroatoms. The van der Waals surface area contributed by atoms with Crippen molar-refractivity contribution < 1.29 is 17.9 Å². The minimum Gasteiger partial charge on any atom is -0.365 e. The zero-order chi connectivity index (χ0) is 10.8. The van der Waals surface area contributed by atoms with Gasteiger partial charge in [0.2, 0.25) is 0 Å². The summed E-state index contributed by atoms with van der Waals surface area (Å²) in [5, 5.41) is 0. The highest BCUT2D eigenvalue weighted by atomic mass is 19.4. The average molecular weight is 211 g/mol. The van der Waals surface area contributed by atoms with Gasteiger partial charge in [-0.1, -0.05) is 6.92 Å². The second-order valence-electron chi connectivity index (χ2n) is 3.85. The van der Waals surface area contributed by atoms with Crippen LogP contribution < -0.4 is 5.73 Å². The highest BCUT2D eigenvalue weighted by molar-refractivity contribution is 4.79. The van der Waals surface area contributed by atoms with Gasteiger partial charge in [-0.3, -0.25) is 0 Å². The van der Waals surface area contributed by atoms with Gasteiger partial charge in [-0.25, -0.2) is 0 Å². The van der Waals surface area contributed by atoms with Crippen LogP contribution in [0.5, 0.6) is 0 Å². The van der Waals surface area contributed by atoms with Crippen molar-refractivity contribution in [3.05, 3.63) is 0 Å². The van der Waals surface area contributed by atoms with E-state index in [0.29, 0.717) is 19.4 Å². The van der Waals surface area contributed by atoms with Crippen molar-refractivity contribution >= 4 is 0 Å². The van der Waals surface area contributed by atoms with Crippen LogP contribution in [0.1, 0.15) is 26.2 Å². The topological polar surface area (TPSA) is 35.2 Å². The Bertz CT molecular complexity index is 183. The fraction of sp³-hybridized carbons (Fsp3) is 1.00. The Labute approximate surface area is 81.6 Å². The lowest BCUT2D eigenvalue weighted by Gasteiger charge is -2.34. The highest BCUT2D eigenvalue weighted by Crippen LogP contribution is 2.33. The Morgan fingerprint density at radius 3 is 2.57 bits per heavy atom. The molecule has 0 aliphatic carbocycles. The molecule has 0 spiro atoms. The van der Waals surface area contributed by atoms with Gasteiger partial charge in [0, 0.05) is 0 Å². The summed E-state index contributed by atoms with van der Waals surface area (Å²) < 4.78 is 42.0. The fourth-order valence-electron chi connectivity index (χ4n) is 1.66. The summed E-state index contributed by atoms with van der Waals surface area (Å²) >= 11 is 0. The minimum atomic E-state index is -4.23. The molecule has 0 aromatic carbocycles. The van der Waals surface area contributed by atoms with Crippen molar-refractivity contribution in [3.63, 3.8) is 0 Å². The van der Waals surface area contributed by atoms with Crippen LogP contribution in [-0.4, -0.2) is 24.9 Å². The molecule has 2 N–H and O–H groups in total. The van der Waals surface area contributed by atoms with Gasteiger partial charge in [0.25, 0.3) is 0 Å². The van der Waals surface area contributed by atoms with E-state index >= 15 is 0 Å². The number of nitrogens with two attached hydrogens (primary N) is 1. The number of ether oxygens (including phenoxy) is 1. The first-order valence-electron chi connectivity index (χ1n) is 4.87. The van der Waals surface area contributed by atoms with E-state index in [-0.39, 0.29) is 18.4 Å². The Kier molecular flexibility index (Phi) is 3.78. The van der Waals surface area contributed by atoms with Gasteiger partial charge < -0.3 is 10.5 Å². The first kappa shape index (κ1) is 11.8.